The molecule has 5 nitrogen and oxygen atoms in total. The molecule has 0 spiro atoms. The molecule has 0 N–H and O–H groups in total. The minimum atomic E-state index is -1.07. The van der Waals surface area contributed by atoms with Crippen LogP contribution in [0, 0.1) is 0 Å². The number of fused-ring (bicyclic) bond motifs is 3. The van der Waals surface area contributed by atoms with Crippen LogP contribution in [0.4, 0.5) is 0 Å². The van der Waals surface area contributed by atoms with Gasteiger partial charge in [0, 0.05) is 43.2 Å². The Balaban J connectivity index is 1.82. The van der Waals surface area contributed by atoms with E-state index in [2.05, 4.69) is 34.7 Å². The van der Waals surface area contributed by atoms with Gasteiger partial charge in [-0.1, -0.05) is 31.2 Å². The molecule has 0 aliphatic carbocycles. The van der Waals surface area contributed by atoms with Gasteiger partial charge in [0.25, 0.3) is 0 Å². The Morgan fingerprint density at radius 1 is 1.14 bits per heavy atom. The van der Waals surface area contributed by atoms with Crippen molar-refractivity contribution in [2.45, 2.75) is 32.4 Å². The lowest BCUT2D eigenvalue weighted by Crippen LogP contribution is -2.22. The molecule has 0 bridgehead atoms. The third kappa shape index (κ3) is 3.29. The molecule has 3 heterocycles. The minimum absolute atomic E-state index is 0.424. The highest BCUT2D eigenvalue weighted by Gasteiger charge is 2.13. The van der Waals surface area contributed by atoms with Crippen molar-refractivity contribution >= 4 is 41.5 Å². The van der Waals surface area contributed by atoms with Crippen molar-refractivity contribution in [1.82, 2.24) is 19.7 Å². The topological polar surface area (TPSA) is 52.8 Å². The highest BCUT2D eigenvalue weighted by atomic mass is 35.5. The summed E-state index contributed by atoms with van der Waals surface area (Å²) in [4.78, 5) is 8.62. The molecule has 0 fully saturated rings. The smallest absolute Gasteiger partial charge is 0.160 e. The molecule has 0 amide bonds. The fourth-order valence-corrected chi connectivity index (χ4v) is 3.16. The molecular formula is C15H19ClN4OSi. The van der Waals surface area contributed by atoms with Gasteiger partial charge < -0.3 is 4.74 Å². The molecule has 22 heavy (non-hydrogen) atoms. The first-order valence-corrected chi connectivity index (χ1v) is 11.4. The van der Waals surface area contributed by atoms with Crippen LogP contribution in [-0.4, -0.2) is 34.4 Å². The Hall–Kier alpha value is -1.50. The van der Waals surface area contributed by atoms with Crippen molar-refractivity contribution in [2.75, 3.05) is 6.61 Å². The second-order valence-corrected chi connectivity index (χ2v) is 12.6. The van der Waals surface area contributed by atoms with E-state index < -0.39 is 8.07 Å². The third-order valence-corrected chi connectivity index (χ3v) is 5.45. The third-order valence-electron chi connectivity index (χ3n) is 3.54. The Morgan fingerprint density at radius 2 is 1.95 bits per heavy atom. The number of aromatic nitrogens is 4. The average molecular weight is 335 g/mol. The molecule has 0 aliphatic heterocycles. The Labute approximate surface area is 135 Å². The largest absolute Gasteiger partial charge is 0.359 e. The van der Waals surface area contributed by atoms with Crippen LogP contribution in [0.5, 0.6) is 0 Å². The summed E-state index contributed by atoms with van der Waals surface area (Å²) in [6.45, 7) is 8.21. The van der Waals surface area contributed by atoms with E-state index in [-0.39, 0.29) is 0 Å². The highest BCUT2D eigenvalue weighted by molar-refractivity contribution is 6.76. The molecule has 0 saturated heterocycles. The van der Waals surface area contributed by atoms with Crippen LogP contribution < -0.4 is 0 Å². The molecule has 3 rings (SSSR count). The Kier molecular flexibility index (Phi) is 4.16. The van der Waals surface area contributed by atoms with Crippen molar-refractivity contribution in [3.8, 4) is 0 Å². The van der Waals surface area contributed by atoms with Crippen molar-refractivity contribution in [3.05, 3.63) is 29.8 Å². The minimum Gasteiger partial charge on any atom is -0.359 e. The van der Waals surface area contributed by atoms with Gasteiger partial charge in [-0.3, -0.25) is 0 Å². The lowest BCUT2D eigenvalue weighted by atomic mass is 10.2. The molecule has 7 heteroatoms. The van der Waals surface area contributed by atoms with Gasteiger partial charge in [-0.2, -0.15) is 5.10 Å². The summed E-state index contributed by atoms with van der Waals surface area (Å²) in [5, 5.41) is 7.78. The number of rotatable bonds is 5. The number of hydrogen-bond donors (Lipinski definition) is 0. The highest BCUT2D eigenvalue weighted by Crippen LogP contribution is 2.24. The zero-order chi connectivity index (χ0) is 15.7. The lowest BCUT2D eigenvalue weighted by Gasteiger charge is -2.15. The molecule has 0 unspecified atom stereocenters. The summed E-state index contributed by atoms with van der Waals surface area (Å²) < 4.78 is 7.54. The molecule has 0 radical (unpaired) electrons. The van der Waals surface area contributed by atoms with Gasteiger partial charge in [0.15, 0.2) is 5.65 Å². The molecule has 0 aliphatic rings. The van der Waals surface area contributed by atoms with Crippen molar-refractivity contribution in [3.63, 3.8) is 0 Å². The Morgan fingerprint density at radius 3 is 2.73 bits per heavy atom. The van der Waals surface area contributed by atoms with Gasteiger partial charge in [-0.15, -0.1) is 0 Å². The normalized spacial score (nSPS) is 12.4. The predicted molar refractivity (Wildman–Crippen MR) is 91.9 cm³/mol. The first-order chi connectivity index (χ1) is 10.4. The molecular weight excluding hydrogens is 316 g/mol. The summed E-state index contributed by atoms with van der Waals surface area (Å²) >= 11 is 5.92. The van der Waals surface area contributed by atoms with Gasteiger partial charge >= 0.3 is 0 Å². The SMILES string of the molecule is C[Si](C)(C)CCOCn1ncc2c3cnc(Cl)cc3cnc21. The predicted octanol–water partition coefficient (Wildman–Crippen LogP) is 3.95. The van der Waals surface area contributed by atoms with E-state index in [1.165, 1.54) is 0 Å². The molecule has 0 saturated carbocycles. The first kappa shape index (κ1) is 15.4. The second-order valence-electron chi connectivity index (χ2n) is 6.58. The standard InChI is InChI=1S/C15H19ClN4OSi/c1-22(2,3)5-4-21-10-20-15-13(9-19-20)12-8-17-14(16)6-11(12)7-18-15/h6-9H,4-5,10H2,1-3H3. The second kappa shape index (κ2) is 5.95. The van der Waals surface area contributed by atoms with Gasteiger partial charge in [-0.25, -0.2) is 14.6 Å². The summed E-state index contributed by atoms with van der Waals surface area (Å²) in [5.74, 6) is 0. The van der Waals surface area contributed by atoms with E-state index in [4.69, 9.17) is 16.3 Å². The van der Waals surface area contributed by atoms with Gasteiger partial charge in [0.2, 0.25) is 0 Å². The van der Waals surface area contributed by atoms with Crippen LogP contribution in [0.2, 0.25) is 30.8 Å². The number of halogens is 1. The van der Waals surface area contributed by atoms with Crippen molar-refractivity contribution in [1.29, 1.82) is 0 Å². The average Bonchev–Trinajstić information content (AvgIpc) is 2.85. The quantitative estimate of drug-likeness (QED) is 0.403. The summed E-state index contributed by atoms with van der Waals surface area (Å²) in [7, 11) is -1.07. The van der Waals surface area contributed by atoms with Crippen LogP contribution in [-0.2, 0) is 11.5 Å². The van der Waals surface area contributed by atoms with Crippen LogP contribution >= 0.6 is 11.6 Å². The van der Waals surface area contributed by atoms with Crippen molar-refractivity contribution in [2.24, 2.45) is 0 Å². The number of nitrogens with zero attached hydrogens (tertiary/aromatic N) is 4. The van der Waals surface area contributed by atoms with E-state index in [0.29, 0.717) is 11.9 Å². The summed E-state index contributed by atoms with van der Waals surface area (Å²) in [6, 6.07) is 2.95. The number of pyridine rings is 2. The summed E-state index contributed by atoms with van der Waals surface area (Å²) in [5.41, 5.74) is 0.810. The monoisotopic (exact) mass is 334 g/mol. The van der Waals surface area contributed by atoms with E-state index in [1.54, 1.807) is 17.1 Å². The van der Waals surface area contributed by atoms with Gasteiger partial charge in [0.1, 0.15) is 11.9 Å². The van der Waals surface area contributed by atoms with Crippen LogP contribution in [0.25, 0.3) is 21.8 Å². The van der Waals surface area contributed by atoms with Gasteiger partial charge in [-0.05, 0) is 12.1 Å². The van der Waals surface area contributed by atoms with E-state index in [9.17, 15) is 0 Å². The molecule has 3 aromatic heterocycles. The molecule has 0 aromatic carbocycles. The van der Waals surface area contributed by atoms with E-state index in [1.807, 2.05) is 12.3 Å². The lowest BCUT2D eigenvalue weighted by molar-refractivity contribution is 0.0813. The Bertz CT molecular complexity index is 812. The molecule has 3 aromatic rings. The molecule has 116 valence electrons. The van der Waals surface area contributed by atoms with Crippen molar-refractivity contribution < 1.29 is 4.74 Å². The fraction of sp³-hybridized carbons (Fsp3) is 0.400. The maximum atomic E-state index is 5.92. The zero-order valence-electron chi connectivity index (χ0n) is 13.0. The first-order valence-electron chi connectivity index (χ1n) is 7.27. The fourth-order valence-electron chi connectivity index (χ4n) is 2.24. The number of ether oxygens (including phenoxy) is 1. The van der Waals surface area contributed by atoms with E-state index in [0.717, 1.165) is 34.5 Å². The van der Waals surface area contributed by atoms with Crippen LogP contribution in [0.15, 0.2) is 24.7 Å². The number of hydrogen-bond acceptors (Lipinski definition) is 4. The maximum Gasteiger partial charge on any atom is 0.160 e. The van der Waals surface area contributed by atoms with Crippen LogP contribution in [0.3, 0.4) is 0 Å². The zero-order valence-corrected chi connectivity index (χ0v) is 14.8. The van der Waals surface area contributed by atoms with Gasteiger partial charge in [0.05, 0.1) is 6.20 Å². The molecule has 0 atom stereocenters. The summed E-state index contributed by atoms with van der Waals surface area (Å²) in [6.07, 6.45) is 5.37. The van der Waals surface area contributed by atoms with Crippen LogP contribution in [0.1, 0.15) is 0 Å². The maximum absolute atomic E-state index is 5.92. The van der Waals surface area contributed by atoms with E-state index >= 15 is 0 Å².